The summed E-state index contributed by atoms with van der Waals surface area (Å²) in [6.45, 7) is 2.18. The molecule has 1 amide bonds. The van der Waals surface area contributed by atoms with Gasteiger partial charge in [-0.25, -0.2) is 0 Å². The minimum absolute atomic E-state index is 0.292. The van der Waals surface area contributed by atoms with Gasteiger partial charge in [-0.3, -0.25) is 9.59 Å². The Morgan fingerprint density at radius 1 is 1.00 bits per heavy atom. The van der Waals surface area contributed by atoms with Crippen LogP contribution in [-0.2, 0) is 9.59 Å². The number of hydrogen-bond donors (Lipinski definition) is 2. The maximum absolute atomic E-state index is 11.0. The van der Waals surface area contributed by atoms with E-state index < -0.39 is 5.97 Å². The van der Waals surface area contributed by atoms with Crippen LogP contribution in [-0.4, -0.2) is 17.0 Å². The molecule has 0 fully saturated rings. The molecular weight excluding hydrogens is 230 g/mol. The van der Waals surface area contributed by atoms with Gasteiger partial charge in [0.1, 0.15) is 0 Å². The first kappa shape index (κ1) is 16.9. The van der Waals surface area contributed by atoms with Crippen molar-refractivity contribution >= 4 is 11.9 Å². The molecule has 0 aliphatic heterocycles. The molecule has 0 aliphatic carbocycles. The van der Waals surface area contributed by atoms with Gasteiger partial charge in [0.05, 0.1) is 5.92 Å². The highest BCUT2D eigenvalue weighted by molar-refractivity contribution is 5.74. The second kappa shape index (κ2) is 11.1. The van der Waals surface area contributed by atoms with Crippen LogP contribution in [0.1, 0.15) is 71.1 Å². The van der Waals surface area contributed by atoms with E-state index in [-0.39, 0.29) is 11.8 Å². The Morgan fingerprint density at radius 3 is 2.11 bits per heavy atom. The van der Waals surface area contributed by atoms with Gasteiger partial charge in [0.15, 0.2) is 0 Å². The summed E-state index contributed by atoms with van der Waals surface area (Å²) in [6.07, 6.45) is 9.18. The average molecular weight is 257 g/mol. The summed E-state index contributed by atoms with van der Waals surface area (Å²) < 4.78 is 0. The van der Waals surface area contributed by atoms with E-state index >= 15 is 0 Å². The van der Waals surface area contributed by atoms with E-state index in [4.69, 9.17) is 10.8 Å². The third-order valence-electron chi connectivity index (χ3n) is 3.23. The van der Waals surface area contributed by atoms with Crippen molar-refractivity contribution in [1.29, 1.82) is 0 Å². The fourth-order valence-electron chi connectivity index (χ4n) is 2.09. The molecule has 4 heteroatoms. The molecule has 0 aromatic carbocycles. The van der Waals surface area contributed by atoms with Crippen molar-refractivity contribution in [3.8, 4) is 0 Å². The predicted octanol–water partition coefficient (Wildman–Crippen LogP) is 3.09. The normalized spacial score (nSPS) is 12.3. The van der Waals surface area contributed by atoms with Crippen LogP contribution in [0.5, 0.6) is 0 Å². The number of unbranched alkanes of at least 4 members (excludes halogenated alkanes) is 5. The van der Waals surface area contributed by atoms with Gasteiger partial charge in [0.25, 0.3) is 0 Å². The number of carboxylic acids is 1. The van der Waals surface area contributed by atoms with Gasteiger partial charge in [-0.1, -0.05) is 45.4 Å². The number of primary amides is 1. The van der Waals surface area contributed by atoms with Crippen LogP contribution in [0.3, 0.4) is 0 Å². The molecule has 106 valence electrons. The zero-order chi connectivity index (χ0) is 13.8. The Labute approximate surface area is 110 Å². The highest BCUT2D eigenvalue weighted by Crippen LogP contribution is 2.18. The van der Waals surface area contributed by atoms with Crippen LogP contribution < -0.4 is 5.73 Å². The van der Waals surface area contributed by atoms with Crippen LogP contribution >= 0.6 is 0 Å². The summed E-state index contributed by atoms with van der Waals surface area (Å²) in [4.78, 5) is 21.6. The summed E-state index contributed by atoms with van der Waals surface area (Å²) in [5, 5.41) is 9.06. The van der Waals surface area contributed by atoms with Gasteiger partial charge in [0.2, 0.25) is 5.91 Å². The van der Waals surface area contributed by atoms with Crippen molar-refractivity contribution in [2.45, 2.75) is 71.1 Å². The Hall–Kier alpha value is -1.06. The molecule has 0 aliphatic rings. The molecule has 0 aromatic heterocycles. The van der Waals surface area contributed by atoms with Gasteiger partial charge in [-0.15, -0.1) is 0 Å². The summed E-state index contributed by atoms with van der Waals surface area (Å²) in [6, 6.07) is 0. The maximum atomic E-state index is 11.0. The van der Waals surface area contributed by atoms with Crippen molar-refractivity contribution in [3.05, 3.63) is 0 Å². The van der Waals surface area contributed by atoms with Crippen molar-refractivity contribution in [2.24, 2.45) is 11.7 Å². The van der Waals surface area contributed by atoms with Crippen LogP contribution in [0.25, 0.3) is 0 Å². The zero-order valence-electron chi connectivity index (χ0n) is 11.5. The molecule has 0 spiro atoms. The molecule has 1 atom stereocenters. The predicted molar refractivity (Wildman–Crippen MR) is 72.2 cm³/mol. The molecule has 1 unspecified atom stereocenters. The first-order valence-electron chi connectivity index (χ1n) is 7.09. The zero-order valence-corrected chi connectivity index (χ0v) is 11.5. The number of hydrogen-bond acceptors (Lipinski definition) is 2. The number of carbonyl (C=O) groups excluding carboxylic acids is 1. The number of aliphatic carboxylic acids is 1. The minimum atomic E-state index is -0.743. The number of amides is 1. The molecule has 0 aromatic rings. The summed E-state index contributed by atoms with van der Waals surface area (Å²) in [5.41, 5.74) is 5.04. The molecular formula is C14H27NO3. The summed E-state index contributed by atoms with van der Waals surface area (Å²) in [5.74, 6) is -1.40. The van der Waals surface area contributed by atoms with E-state index in [0.717, 1.165) is 19.3 Å². The number of rotatable bonds is 12. The fraction of sp³-hybridized carbons (Fsp3) is 0.857. The molecule has 3 N–H and O–H groups in total. The summed E-state index contributed by atoms with van der Waals surface area (Å²) in [7, 11) is 0. The summed E-state index contributed by atoms with van der Waals surface area (Å²) >= 11 is 0. The fourth-order valence-corrected chi connectivity index (χ4v) is 2.09. The number of carbonyl (C=O) groups is 2. The van der Waals surface area contributed by atoms with E-state index in [1.54, 1.807) is 0 Å². The van der Waals surface area contributed by atoms with Gasteiger partial charge in [0, 0.05) is 6.42 Å². The largest absolute Gasteiger partial charge is 0.481 e. The van der Waals surface area contributed by atoms with Gasteiger partial charge in [-0.2, -0.15) is 0 Å². The first-order valence-corrected chi connectivity index (χ1v) is 7.09. The second-order valence-electron chi connectivity index (χ2n) is 4.95. The van der Waals surface area contributed by atoms with Gasteiger partial charge < -0.3 is 10.8 Å². The van der Waals surface area contributed by atoms with Crippen molar-refractivity contribution in [1.82, 2.24) is 0 Å². The molecule has 0 saturated carbocycles. The smallest absolute Gasteiger partial charge is 0.306 e. The van der Waals surface area contributed by atoms with Crippen molar-refractivity contribution in [2.75, 3.05) is 0 Å². The van der Waals surface area contributed by atoms with E-state index in [1.807, 2.05) is 0 Å². The highest BCUT2D eigenvalue weighted by Gasteiger charge is 2.16. The molecule has 0 saturated heterocycles. The lowest BCUT2D eigenvalue weighted by Gasteiger charge is -2.11. The molecule has 18 heavy (non-hydrogen) atoms. The quantitative estimate of drug-likeness (QED) is 0.527. The van der Waals surface area contributed by atoms with E-state index in [2.05, 4.69) is 6.92 Å². The lowest BCUT2D eigenvalue weighted by molar-refractivity contribution is -0.142. The lowest BCUT2D eigenvalue weighted by atomic mass is 9.95. The van der Waals surface area contributed by atoms with Crippen LogP contribution in [0, 0.1) is 5.92 Å². The monoisotopic (exact) mass is 257 g/mol. The SMILES string of the molecule is CCCCCCCCC(CCCC(N)=O)C(=O)O. The topological polar surface area (TPSA) is 80.4 Å². The molecule has 0 heterocycles. The molecule has 0 bridgehead atoms. The Morgan fingerprint density at radius 2 is 1.56 bits per heavy atom. The average Bonchev–Trinajstić information content (AvgIpc) is 2.30. The van der Waals surface area contributed by atoms with E-state index in [0.29, 0.717) is 19.3 Å². The lowest BCUT2D eigenvalue weighted by Crippen LogP contribution is -2.16. The van der Waals surface area contributed by atoms with Crippen LogP contribution in [0.2, 0.25) is 0 Å². The molecule has 0 radical (unpaired) electrons. The first-order chi connectivity index (χ1) is 8.57. The van der Waals surface area contributed by atoms with Gasteiger partial charge in [-0.05, 0) is 19.3 Å². The standard InChI is InChI=1S/C14H27NO3/c1-2-3-4-5-6-7-9-12(14(17)18)10-8-11-13(15)16/h12H,2-11H2,1H3,(H2,15,16)(H,17,18). The third kappa shape index (κ3) is 10.1. The number of nitrogens with two attached hydrogens (primary N) is 1. The van der Waals surface area contributed by atoms with Crippen LogP contribution in [0.4, 0.5) is 0 Å². The Balaban J connectivity index is 3.64. The third-order valence-corrected chi connectivity index (χ3v) is 3.23. The van der Waals surface area contributed by atoms with Crippen molar-refractivity contribution < 1.29 is 14.7 Å². The van der Waals surface area contributed by atoms with Crippen molar-refractivity contribution in [3.63, 3.8) is 0 Å². The highest BCUT2D eigenvalue weighted by atomic mass is 16.4. The maximum Gasteiger partial charge on any atom is 0.306 e. The van der Waals surface area contributed by atoms with Gasteiger partial charge >= 0.3 is 5.97 Å². The number of carboxylic acid groups (broad SMARTS) is 1. The van der Waals surface area contributed by atoms with Crippen LogP contribution in [0.15, 0.2) is 0 Å². The van der Waals surface area contributed by atoms with E-state index in [1.165, 1.54) is 25.7 Å². The minimum Gasteiger partial charge on any atom is -0.481 e. The second-order valence-corrected chi connectivity index (χ2v) is 4.95. The Kier molecular flexibility index (Phi) is 10.4. The Bertz CT molecular complexity index is 241. The molecule has 0 rings (SSSR count). The molecule has 4 nitrogen and oxygen atoms in total. The van der Waals surface area contributed by atoms with E-state index in [9.17, 15) is 9.59 Å².